The standard InChI is InChI=1S/C16H19NO6S/c1-11(18)17-14-4-2-13(3-5-14)15(19)9-23-16(20)8-12-6-7-24(21,22)10-12/h2-5,12H,6-10H2,1H3,(H,17,18). The molecule has 0 saturated carbocycles. The molecule has 8 heteroatoms. The number of Topliss-reactive ketones (excluding diaryl/α,β-unsaturated/α-hetero) is 1. The van der Waals surface area contributed by atoms with Gasteiger partial charge in [-0.1, -0.05) is 0 Å². The van der Waals surface area contributed by atoms with Crippen molar-refractivity contribution >= 4 is 33.2 Å². The highest BCUT2D eigenvalue weighted by Gasteiger charge is 2.30. The Kier molecular flexibility index (Phi) is 5.71. The molecular formula is C16H19NO6S. The van der Waals surface area contributed by atoms with Crippen LogP contribution in [0.5, 0.6) is 0 Å². The van der Waals surface area contributed by atoms with Crippen LogP contribution in [0.25, 0.3) is 0 Å². The number of hydrogen-bond donors (Lipinski definition) is 1. The molecule has 1 aliphatic heterocycles. The number of carbonyl (C=O) groups excluding carboxylic acids is 3. The highest BCUT2D eigenvalue weighted by atomic mass is 32.2. The Morgan fingerprint density at radius 3 is 2.42 bits per heavy atom. The molecule has 1 saturated heterocycles. The van der Waals surface area contributed by atoms with Gasteiger partial charge in [0, 0.05) is 24.6 Å². The fourth-order valence-electron chi connectivity index (χ4n) is 2.50. The van der Waals surface area contributed by atoms with Gasteiger partial charge in [-0.15, -0.1) is 0 Å². The number of amides is 1. The zero-order valence-electron chi connectivity index (χ0n) is 13.3. The summed E-state index contributed by atoms with van der Waals surface area (Å²) in [4.78, 5) is 34.6. The maximum Gasteiger partial charge on any atom is 0.306 e. The molecule has 1 fully saturated rings. The summed E-state index contributed by atoms with van der Waals surface area (Å²) >= 11 is 0. The van der Waals surface area contributed by atoms with Crippen LogP contribution in [0.3, 0.4) is 0 Å². The molecule has 1 aromatic rings. The second-order valence-corrected chi connectivity index (χ2v) is 8.04. The predicted octanol–water partition coefficient (Wildman–Crippen LogP) is 1.20. The molecule has 24 heavy (non-hydrogen) atoms. The highest BCUT2D eigenvalue weighted by Crippen LogP contribution is 2.22. The molecule has 0 radical (unpaired) electrons. The minimum Gasteiger partial charge on any atom is -0.457 e. The molecule has 1 amide bonds. The Morgan fingerprint density at radius 1 is 1.21 bits per heavy atom. The average Bonchev–Trinajstić information content (AvgIpc) is 2.83. The Bertz CT molecular complexity index is 738. The van der Waals surface area contributed by atoms with Crippen LogP contribution in [0.2, 0.25) is 0 Å². The Morgan fingerprint density at radius 2 is 1.88 bits per heavy atom. The van der Waals surface area contributed by atoms with E-state index in [1.165, 1.54) is 19.1 Å². The third-order valence-corrected chi connectivity index (χ3v) is 5.51. The topological polar surface area (TPSA) is 107 Å². The summed E-state index contributed by atoms with van der Waals surface area (Å²) in [5, 5.41) is 2.58. The Hall–Kier alpha value is -2.22. The lowest BCUT2D eigenvalue weighted by atomic mass is 10.1. The lowest BCUT2D eigenvalue weighted by molar-refractivity contribution is -0.143. The van der Waals surface area contributed by atoms with Crippen LogP contribution < -0.4 is 5.32 Å². The fourth-order valence-corrected chi connectivity index (χ4v) is 4.36. The van der Waals surface area contributed by atoms with E-state index in [4.69, 9.17) is 4.74 Å². The largest absolute Gasteiger partial charge is 0.457 e. The van der Waals surface area contributed by atoms with E-state index in [0.717, 1.165) is 0 Å². The molecule has 0 aliphatic carbocycles. The summed E-state index contributed by atoms with van der Waals surface area (Å²) in [5.41, 5.74) is 0.929. The van der Waals surface area contributed by atoms with Gasteiger partial charge in [0.15, 0.2) is 22.2 Å². The number of sulfone groups is 1. The van der Waals surface area contributed by atoms with Gasteiger partial charge in [-0.05, 0) is 36.6 Å². The van der Waals surface area contributed by atoms with Crippen molar-refractivity contribution in [3.63, 3.8) is 0 Å². The van der Waals surface area contributed by atoms with Gasteiger partial charge in [0.2, 0.25) is 5.91 Å². The first-order chi connectivity index (χ1) is 11.2. The van der Waals surface area contributed by atoms with Crippen LogP contribution in [0, 0.1) is 5.92 Å². The molecule has 0 aromatic heterocycles. The Labute approximate surface area is 140 Å². The number of rotatable bonds is 6. The summed E-state index contributed by atoms with van der Waals surface area (Å²) in [7, 11) is -3.03. The van der Waals surface area contributed by atoms with Crippen LogP contribution >= 0.6 is 0 Å². The van der Waals surface area contributed by atoms with E-state index < -0.39 is 22.4 Å². The van der Waals surface area contributed by atoms with E-state index in [9.17, 15) is 22.8 Å². The number of anilines is 1. The molecule has 0 bridgehead atoms. The molecule has 130 valence electrons. The first-order valence-corrected chi connectivity index (χ1v) is 9.34. The van der Waals surface area contributed by atoms with Gasteiger partial charge in [0.1, 0.15) is 0 Å². The van der Waals surface area contributed by atoms with Gasteiger partial charge in [0.25, 0.3) is 0 Å². The number of hydrogen-bond acceptors (Lipinski definition) is 6. The van der Waals surface area contributed by atoms with E-state index >= 15 is 0 Å². The van der Waals surface area contributed by atoms with Crippen molar-refractivity contribution in [2.45, 2.75) is 19.8 Å². The van der Waals surface area contributed by atoms with Crippen LogP contribution in [0.4, 0.5) is 5.69 Å². The van der Waals surface area contributed by atoms with Crippen molar-refractivity contribution in [1.29, 1.82) is 0 Å². The zero-order chi connectivity index (χ0) is 17.7. The molecule has 1 aromatic carbocycles. The molecule has 0 spiro atoms. The highest BCUT2D eigenvalue weighted by molar-refractivity contribution is 7.91. The average molecular weight is 353 g/mol. The Balaban J connectivity index is 1.80. The third-order valence-electron chi connectivity index (χ3n) is 3.67. The number of esters is 1. The zero-order valence-corrected chi connectivity index (χ0v) is 14.1. The summed E-state index contributed by atoms with van der Waals surface area (Å²) in [6.45, 7) is 0.992. The number of benzene rings is 1. The number of ether oxygens (including phenoxy) is 1. The summed E-state index contributed by atoms with van der Waals surface area (Å²) < 4.78 is 27.6. The van der Waals surface area contributed by atoms with Gasteiger partial charge < -0.3 is 10.1 Å². The SMILES string of the molecule is CC(=O)Nc1ccc(C(=O)COC(=O)CC2CCS(=O)(=O)C2)cc1. The lowest BCUT2D eigenvalue weighted by Gasteiger charge is -2.08. The minimum atomic E-state index is -3.03. The van der Waals surface area contributed by atoms with Crippen LogP contribution in [0.15, 0.2) is 24.3 Å². The molecule has 1 N–H and O–H groups in total. The summed E-state index contributed by atoms with van der Waals surface area (Å²) in [5.74, 6) is -1.27. The third kappa shape index (κ3) is 5.45. The second kappa shape index (κ2) is 7.57. The van der Waals surface area contributed by atoms with Crippen molar-refractivity contribution in [2.75, 3.05) is 23.4 Å². The quantitative estimate of drug-likeness (QED) is 0.608. The molecule has 1 heterocycles. The van der Waals surface area contributed by atoms with Crippen molar-refractivity contribution in [1.82, 2.24) is 0 Å². The normalized spacial score (nSPS) is 18.8. The fraction of sp³-hybridized carbons (Fsp3) is 0.438. The van der Waals surface area contributed by atoms with E-state index in [-0.39, 0.29) is 35.5 Å². The van der Waals surface area contributed by atoms with Crippen molar-refractivity contribution < 1.29 is 27.5 Å². The summed E-state index contributed by atoms with van der Waals surface area (Å²) in [6.07, 6.45) is 0.462. The molecule has 7 nitrogen and oxygen atoms in total. The minimum absolute atomic E-state index is 0.000652. The van der Waals surface area contributed by atoms with E-state index in [1.54, 1.807) is 12.1 Å². The van der Waals surface area contributed by atoms with Crippen molar-refractivity contribution in [2.24, 2.45) is 5.92 Å². The van der Waals surface area contributed by atoms with Crippen LogP contribution in [-0.4, -0.2) is 44.2 Å². The van der Waals surface area contributed by atoms with Crippen LogP contribution in [-0.2, 0) is 24.2 Å². The van der Waals surface area contributed by atoms with E-state index in [0.29, 0.717) is 17.7 Å². The summed E-state index contributed by atoms with van der Waals surface area (Å²) in [6, 6.07) is 6.23. The predicted molar refractivity (Wildman–Crippen MR) is 87.4 cm³/mol. The maximum absolute atomic E-state index is 12.0. The smallest absolute Gasteiger partial charge is 0.306 e. The van der Waals surface area contributed by atoms with Gasteiger partial charge in [-0.2, -0.15) is 0 Å². The van der Waals surface area contributed by atoms with Gasteiger partial charge in [0.05, 0.1) is 11.5 Å². The van der Waals surface area contributed by atoms with E-state index in [2.05, 4.69) is 5.32 Å². The molecule has 1 aliphatic rings. The molecule has 1 atom stereocenters. The van der Waals surface area contributed by atoms with Gasteiger partial charge in [-0.25, -0.2) is 8.42 Å². The van der Waals surface area contributed by atoms with Gasteiger partial charge >= 0.3 is 5.97 Å². The molecule has 1 unspecified atom stereocenters. The van der Waals surface area contributed by atoms with Crippen molar-refractivity contribution in [3.05, 3.63) is 29.8 Å². The lowest BCUT2D eigenvalue weighted by Crippen LogP contribution is -2.17. The number of nitrogens with one attached hydrogen (secondary N) is 1. The van der Waals surface area contributed by atoms with Crippen molar-refractivity contribution in [3.8, 4) is 0 Å². The van der Waals surface area contributed by atoms with Gasteiger partial charge in [-0.3, -0.25) is 14.4 Å². The first-order valence-electron chi connectivity index (χ1n) is 7.52. The van der Waals surface area contributed by atoms with Crippen LogP contribution in [0.1, 0.15) is 30.1 Å². The van der Waals surface area contributed by atoms with E-state index in [1.807, 2.05) is 0 Å². The number of carbonyl (C=O) groups is 3. The second-order valence-electron chi connectivity index (χ2n) is 5.82. The molecular weight excluding hydrogens is 334 g/mol. The monoisotopic (exact) mass is 353 g/mol. The number of ketones is 1. The first kappa shape index (κ1) is 18.1. The molecule has 2 rings (SSSR count). The maximum atomic E-state index is 12.0.